The van der Waals surface area contributed by atoms with Crippen molar-refractivity contribution in [2.75, 3.05) is 26.3 Å². The van der Waals surface area contributed by atoms with Crippen LogP contribution < -0.4 is 0 Å². The van der Waals surface area contributed by atoms with Crippen LogP contribution in [0.4, 0.5) is 0 Å². The fourth-order valence-electron chi connectivity index (χ4n) is 4.50. The fourth-order valence-corrected chi connectivity index (χ4v) is 4.50. The van der Waals surface area contributed by atoms with Gasteiger partial charge in [-0.25, -0.2) is 0 Å². The van der Waals surface area contributed by atoms with Crippen molar-refractivity contribution >= 4 is 29.7 Å². The Morgan fingerprint density at radius 1 is 0.868 bits per heavy atom. The van der Waals surface area contributed by atoms with E-state index in [0.717, 1.165) is 6.42 Å². The van der Waals surface area contributed by atoms with E-state index < -0.39 is 60.2 Å². The molecule has 1 saturated heterocycles. The average molecular weight is 539 g/mol. The monoisotopic (exact) mass is 538 g/mol. The van der Waals surface area contributed by atoms with Crippen LogP contribution in [0.3, 0.4) is 0 Å². The van der Waals surface area contributed by atoms with Crippen molar-refractivity contribution in [3.05, 3.63) is 24.0 Å². The van der Waals surface area contributed by atoms with Crippen LogP contribution in [0.1, 0.15) is 54.4 Å². The molecule has 12 heteroatoms. The molecule has 2 heterocycles. The van der Waals surface area contributed by atoms with Gasteiger partial charge < -0.3 is 33.5 Å². The Labute approximate surface area is 222 Å². The minimum atomic E-state index is -1.06. The maximum atomic E-state index is 12.3. The van der Waals surface area contributed by atoms with Gasteiger partial charge in [-0.3, -0.25) is 24.0 Å². The number of allylic oxidation sites excluding steroid dienone is 1. The molecule has 0 aromatic carbocycles. The summed E-state index contributed by atoms with van der Waals surface area (Å²) in [5, 5.41) is 0. The Bertz CT molecular complexity index is 946. The molecule has 0 aromatic heterocycles. The van der Waals surface area contributed by atoms with E-state index in [0.29, 0.717) is 25.2 Å². The highest BCUT2D eigenvalue weighted by molar-refractivity contribution is 5.92. The summed E-state index contributed by atoms with van der Waals surface area (Å²) in [5.74, 6) is -2.69. The summed E-state index contributed by atoms with van der Waals surface area (Å²) in [7, 11) is 0. The fraction of sp³-hybridized carbons (Fsp3) is 0.654. The normalized spacial score (nSPS) is 24.8. The van der Waals surface area contributed by atoms with Crippen LogP contribution in [0.5, 0.6) is 0 Å². The largest absolute Gasteiger partial charge is 0.463 e. The Morgan fingerprint density at radius 3 is 2.03 bits per heavy atom. The lowest BCUT2D eigenvalue weighted by Crippen LogP contribution is -2.70. The van der Waals surface area contributed by atoms with Crippen LogP contribution in [-0.2, 0) is 47.7 Å². The van der Waals surface area contributed by atoms with Crippen molar-refractivity contribution in [3.63, 3.8) is 0 Å². The number of carbonyl (C=O) groups excluding carboxylic acids is 5. The summed E-state index contributed by atoms with van der Waals surface area (Å²) in [4.78, 5) is 63.1. The predicted molar refractivity (Wildman–Crippen MR) is 133 cm³/mol. The van der Waals surface area contributed by atoms with E-state index in [1.165, 1.54) is 33.8 Å². The van der Waals surface area contributed by atoms with E-state index in [2.05, 4.69) is 0 Å². The lowest BCUT2D eigenvalue weighted by molar-refractivity contribution is -0.259. The molecular formula is C26H38N2O10. The second-order valence-corrected chi connectivity index (χ2v) is 9.07. The van der Waals surface area contributed by atoms with Crippen molar-refractivity contribution in [2.24, 2.45) is 0 Å². The van der Waals surface area contributed by atoms with Crippen molar-refractivity contribution in [3.8, 4) is 0 Å². The number of hydrogen-bond donors (Lipinski definition) is 0. The topological polar surface area (TPSA) is 138 Å². The Morgan fingerprint density at radius 2 is 1.47 bits per heavy atom. The van der Waals surface area contributed by atoms with Gasteiger partial charge in [0.05, 0.1) is 5.70 Å². The van der Waals surface area contributed by atoms with Crippen LogP contribution in [0.25, 0.3) is 0 Å². The summed E-state index contributed by atoms with van der Waals surface area (Å²) in [5.41, 5.74) is 0.637. The zero-order chi connectivity index (χ0) is 28.4. The van der Waals surface area contributed by atoms with Gasteiger partial charge in [0.1, 0.15) is 18.8 Å². The zero-order valence-electron chi connectivity index (χ0n) is 22.8. The quantitative estimate of drug-likeness (QED) is 0.202. The molecule has 0 N–H and O–H groups in total. The summed E-state index contributed by atoms with van der Waals surface area (Å²) in [6, 6.07) is -0.628. The standard InChI is InChI=1S/C26H38N2O10/c1-7-11-27-13-20(9-10-21(33)14-34-16(3)29)28(12-8-2)23-25(37-19(6)32)24(36-18(5)31)22(38-26(23)27)15-35-17(4)30/h9-10,13,22-26H,7-8,11-12,14-15H2,1-6H3/b10-9-/t22-,23-,24-,25-,26+/m1/s1. The maximum Gasteiger partial charge on any atom is 0.303 e. The number of ether oxygens (including phenoxy) is 5. The third-order valence-corrected chi connectivity index (χ3v) is 5.81. The van der Waals surface area contributed by atoms with E-state index in [-0.39, 0.29) is 13.2 Å². The van der Waals surface area contributed by atoms with Crippen LogP contribution in [0.2, 0.25) is 0 Å². The maximum absolute atomic E-state index is 12.3. The van der Waals surface area contributed by atoms with Crippen molar-refractivity contribution in [2.45, 2.75) is 85.0 Å². The summed E-state index contributed by atoms with van der Waals surface area (Å²) < 4.78 is 27.7. The molecule has 0 bridgehead atoms. The van der Waals surface area contributed by atoms with Gasteiger partial charge in [-0.1, -0.05) is 13.8 Å². The molecule has 2 aliphatic rings. The second-order valence-electron chi connectivity index (χ2n) is 9.07. The van der Waals surface area contributed by atoms with E-state index in [1.807, 2.05) is 29.8 Å². The highest BCUT2D eigenvalue weighted by Gasteiger charge is 2.55. The van der Waals surface area contributed by atoms with Crippen molar-refractivity contribution in [1.82, 2.24) is 9.80 Å². The van der Waals surface area contributed by atoms with E-state index in [9.17, 15) is 24.0 Å². The first-order valence-corrected chi connectivity index (χ1v) is 12.7. The molecule has 0 spiro atoms. The molecule has 0 aromatic rings. The van der Waals surface area contributed by atoms with Gasteiger partial charge in [0, 0.05) is 47.0 Å². The average Bonchev–Trinajstić information content (AvgIpc) is 2.82. The summed E-state index contributed by atoms with van der Waals surface area (Å²) in [6.45, 7) is 9.40. The number of esters is 4. The smallest absolute Gasteiger partial charge is 0.303 e. The number of nitrogens with zero attached hydrogens (tertiary/aromatic N) is 2. The van der Waals surface area contributed by atoms with Crippen molar-refractivity contribution in [1.29, 1.82) is 0 Å². The minimum absolute atomic E-state index is 0.205. The molecule has 0 saturated carbocycles. The first kappa shape index (κ1) is 30.8. The third kappa shape index (κ3) is 8.57. The molecule has 212 valence electrons. The lowest BCUT2D eigenvalue weighted by Gasteiger charge is -2.55. The number of ketones is 1. The Kier molecular flexibility index (Phi) is 11.8. The molecule has 38 heavy (non-hydrogen) atoms. The van der Waals surface area contributed by atoms with Crippen LogP contribution in [-0.4, -0.2) is 96.3 Å². The molecule has 0 aliphatic carbocycles. The molecule has 0 unspecified atom stereocenters. The Hall–Kier alpha value is -3.41. The first-order valence-electron chi connectivity index (χ1n) is 12.7. The third-order valence-electron chi connectivity index (χ3n) is 5.81. The number of carbonyl (C=O) groups is 5. The van der Waals surface area contributed by atoms with Crippen molar-refractivity contribution < 1.29 is 47.7 Å². The molecule has 2 rings (SSSR count). The molecule has 0 amide bonds. The molecule has 2 aliphatic heterocycles. The summed E-state index contributed by atoms with van der Waals surface area (Å²) in [6.07, 6.45) is 2.64. The number of fused-ring (bicyclic) bond motifs is 1. The van der Waals surface area contributed by atoms with Gasteiger partial charge in [-0.2, -0.15) is 0 Å². The van der Waals surface area contributed by atoms with Gasteiger partial charge in [0.15, 0.2) is 30.8 Å². The van der Waals surface area contributed by atoms with E-state index in [1.54, 1.807) is 6.08 Å². The minimum Gasteiger partial charge on any atom is -0.463 e. The van der Waals surface area contributed by atoms with Crippen LogP contribution >= 0.6 is 0 Å². The number of hydrogen-bond acceptors (Lipinski definition) is 12. The van der Waals surface area contributed by atoms with Crippen LogP contribution in [0, 0.1) is 0 Å². The first-order chi connectivity index (χ1) is 18.0. The SMILES string of the molecule is CCCN1C=C(/C=C\C(=O)COC(C)=O)N(CCC)[C@@H]2[C@@H](OC(C)=O)[C@H](OC(C)=O)[C@@H](COC(C)=O)O[C@@H]21. The van der Waals surface area contributed by atoms with E-state index >= 15 is 0 Å². The molecular weight excluding hydrogens is 500 g/mol. The Balaban J connectivity index is 2.57. The molecule has 1 fully saturated rings. The summed E-state index contributed by atoms with van der Waals surface area (Å²) >= 11 is 0. The number of rotatable bonds is 12. The predicted octanol–water partition coefficient (Wildman–Crippen LogP) is 1.47. The zero-order valence-corrected chi connectivity index (χ0v) is 22.8. The second kappa shape index (κ2) is 14.5. The molecule has 0 radical (unpaired) electrons. The van der Waals surface area contributed by atoms with Gasteiger partial charge in [-0.15, -0.1) is 0 Å². The van der Waals surface area contributed by atoms with Gasteiger partial charge in [0.2, 0.25) is 0 Å². The van der Waals surface area contributed by atoms with Gasteiger partial charge >= 0.3 is 23.9 Å². The van der Waals surface area contributed by atoms with E-state index in [4.69, 9.17) is 23.7 Å². The van der Waals surface area contributed by atoms with Gasteiger partial charge in [0.25, 0.3) is 0 Å². The van der Waals surface area contributed by atoms with Crippen LogP contribution in [0.15, 0.2) is 24.0 Å². The highest BCUT2D eigenvalue weighted by Crippen LogP contribution is 2.37. The van der Waals surface area contributed by atoms with Gasteiger partial charge in [-0.05, 0) is 25.0 Å². The molecule has 5 atom stereocenters. The highest BCUT2D eigenvalue weighted by atomic mass is 16.6. The lowest BCUT2D eigenvalue weighted by atomic mass is 9.91. The molecule has 12 nitrogen and oxygen atoms in total.